The van der Waals surface area contributed by atoms with Crippen LogP contribution in [0, 0.1) is 0 Å². The lowest BCUT2D eigenvalue weighted by Crippen LogP contribution is -2.63. The summed E-state index contributed by atoms with van der Waals surface area (Å²) in [6, 6.07) is 4.69. The molecule has 2 amide bonds. The third-order valence-corrected chi connectivity index (χ3v) is 4.56. The van der Waals surface area contributed by atoms with Crippen LogP contribution >= 0.6 is 31.9 Å². The third-order valence-electron chi connectivity index (χ3n) is 3.43. The van der Waals surface area contributed by atoms with E-state index < -0.39 is 12.1 Å². The Morgan fingerprint density at radius 1 is 1.20 bits per heavy atom. The van der Waals surface area contributed by atoms with Crippen LogP contribution in [0.4, 0.5) is 5.69 Å². The maximum Gasteiger partial charge on any atom is 0.250 e. The van der Waals surface area contributed by atoms with Crippen LogP contribution in [-0.2, 0) is 9.59 Å². The minimum atomic E-state index is -0.456. The van der Waals surface area contributed by atoms with Crippen molar-refractivity contribution in [3.63, 3.8) is 0 Å². The fraction of sp³-hybridized carbons (Fsp3) is 0.429. The van der Waals surface area contributed by atoms with Crippen molar-refractivity contribution >= 4 is 49.4 Å². The predicted molar refractivity (Wildman–Crippen MR) is 85.6 cm³/mol. The van der Waals surface area contributed by atoms with Crippen LogP contribution in [0.3, 0.4) is 0 Å². The monoisotopic (exact) mass is 402 g/mol. The number of carbonyl (C=O) groups excluding carboxylic acids is 2. The Balaban J connectivity index is 2.47. The number of hydrogen-bond donors (Lipinski definition) is 1. The topological polar surface area (TPSA) is 49.4 Å². The zero-order valence-electron chi connectivity index (χ0n) is 11.3. The van der Waals surface area contributed by atoms with Crippen molar-refractivity contribution in [3.05, 3.63) is 27.1 Å². The van der Waals surface area contributed by atoms with Gasteiger partial charge in [0.1, 0.15) is 12.1 Å². The molecule has 0 saturated carbocycles. The molecular formula is C14H16Br2N2O2. The van der Waals surface area contributed by atoms with Gasteiger partial charge in [-0.25, -0.2) is 0 Å². The summed E-state index contributed by atoms with van der Waals surface area (Å²) in [7, 11) is 0. The van der Waals surface area contributed by atoms with Gasteiger partial charge in [0.05, 0.1) is 5.69 Å². The fourth-order valence-corrected chi connectivity index (χ4v) is 3.61. The first kappa shape index (κ1) is 15.5. The normalized spacial score (nSPS) is 22.9. The highest BCUT2D eigenvalue weighted by Crippen LogP contribution is 2.33. The number of amides is 2. The molecule has 0 radical (unpaired) electrons. The van der Waals surface area contributed by atoms with E-state index >= 15 is 0 Å². The molecule has 2 unspecified atom stereocenters. The Kier molecular flexibility index (Phi) is 4.86. The number of anilines is 1. The molecule has 1 aliphatic heterocycles. The quantitative estimate of drug-likeness (QED) is 0.842. The van der Waals surface area contributed by atoms with Crippen molar-refractivity contribution in [2.24, 2.45) is 0 Å². The Labute approximate surface area is 135 Å². The first-order valence-corrected chi connectivity index (χ1v) is 8.16. The number of halogens is 2. The van der Waals surface area contributed by atoms with Gasteiger partial charge in [-0.05, 0) is 47.0 Å². The number of carbonyl (C=O) groups is 2. The molecule has 2 atom stereocenters. The molecule has 0 bridgehead atoms. The maximum atomic E-state index is 12.6. The molecular weight excluding hydrogens is 388 g/mol. The van der Waals surface area contributed by atoms with Gasteiger partial charge >= 0.3 is 0 Å². The van der Waals surface area contributed by atoms with E-state index in [1.165, 1.54) is 0 Å². The van der Waals surface area contributed by atoms with Gasteiger partial charge in [0.2, 0.25) is 11.8 Å². The van der Waals surface area contributed by atoms with Crippen molar-refractivity contribution in [1.82, 2.24) is 5.32 Å². The molecule has 1 N–H and O–H groups in total. The molecule has 1 heterocycles. The summed E-state index contributed by atoms with van der Waals surface area (Å²) >= 11 is 6.87. The highest BCUT2D eigenvalue weighted by molar-refractivity contribution is 9.11. The van der Waals surface area contributed by atoms with Crippen molar-refractivity contribution in [2.45, 2.75) is 38.8 Å². The number of hydrogen-bond acceptors (Lipinski definition) is 2. The molecule has 1 saturated heterocycles. The summed E-state index contributed by atoms with van der Waals surface area (Å²) in [5, 5.41) is 2.79. The zero-order chi connectivity index (χ0) is 14.9. The van der Waals surface area contributed by atoms with Gasteiger partial charge in [-0.15, -0.1) is 0 Å². The van der Waals surface area contributed by atoms with Crippen LogP contribution < -0.4 is 10.2 Å². The highest BCUT2D eigenvalue weighted by atomic mass is 79.9. The van der Waals surface area contributed by atoms with Gasteiger partial charge in [-0.2, -0.15) is 0 Å². The van der Waals surface area contributed by atoms with E-state index in [0.717, 1.165) is 14.6 Å². The molecule has 4 nitrogen and oxygen atoms in total. The summed E-state index contributed by atoms with van der Waals surface area (Å²) in [5.74, 6) is -0.143. The fourth-order valence-electron chi connectivity index (χ4n) is 2.38. The van der Waals surface area contributed by atoms with E-state index in [4.69, 9.17) is 0 Å². The minimum absolute atomic E-state index is 0.0537. The van der Waals surface area contributed by atoms with E-state index in [1.807, 2.05) is 32.0 Å². The maximum absolute atomic E-state index is 12.6. The molecule has 108 valence electrons. The SMILES string of the molecule is CCC1NC(=O)C(CC)N(c2ccc(Br)cc2Br)C1=O. The molecule has 0 aliphatic carbocycles. The number of benzene rings is 1. The van der Waals surface area contributed by atoms with Crippen molar-refractivity contribution in [2.75, 3.05) is 4.90 Å². The van der Waals surface area contributed by atoms with Crippen LogP contribution in [0.25, 0.3) is 0 Å². The van der Waals surface area contributed by atoms with Crippen LogP contribution in [-0.4, -0.2) is 23.9 Å². The zero-order valence-corrected chi connectivity index (χ0v) is 14.5. The molecule has 0 aromatic heterocycles. The van der Waals surface area contributed by atoms with E-state index in [-0.39, 0.29) is 11.8 Å². The molecule has 6 heteroatoms. The first-order valence-electron chi connectivity index (χ1n) is 6.58. The van der Waals surface area contributed by atoms with Gasteiger partial charge < -0.3 is 5.32 Å². The molecule has 2 rings (SSSR count). The predicted octanol–water partition coefficient (Wildman–Crippen LogP) is 3.23. The van der Waals surface area contributed by atoms with Crippen molar-refractivity contribution in [1.29, 1.82) is 0 Å². The average molecular weight is 404 g/mol. The van der Waals surface area contributed by atoms with Crippen LogP contribution in [0.1, 0.15) is 26.7 Å². The lowest BCUT2D eigenvalue weighted by atomic mass is 10.0. The Morgan fingerprint density at radius 2 is 1.90 bits per heavy atom. The number of rotatable bonds is 3. The van der Waals surface area contributed by atoms with Gasteiger partial charge in [-0.3, -0.25) is 14.5 Å². The van der Waals surface area contributed by atoms with Gasteiger partial charge in [0.15, 0.2) is 0 Å². The van der Waals surface area contributed by atoms with Crippen LogP contribution in [0.15, 0.2) is 27.1 Å². The summed E-state index contributed by atoms with van der Waals surface area (Å²) < 4.78 is 1.71. The smallest absolute Gasteiger partial charge is 0.250 e. The standard InChI is InChI=1S/C14H16Br2N2O2/c1-3-10-14(20)18(11(4-2)13(19)17-10)12-6-5-8(15)7-9(12)16/h5-7,10-11H,3-4H2,1-2H3,(H,17,19). The van der Waals surface area contributed by atoms with E-state index in [9.17, 15) is 9.59 Å². The van der Waals surface area contributed by atoms with Gasteiger partial charge in [-0.1, -0.05) is 29.8 Å². The second-order valence-electron chi connectivity index (χ2n) is 4.70. The first-order chi connectivity index (χ1) is 9.49. The highest BCUT2D eigenvalue weighted by Gasteiger charge is 2.40. The number of nitrogens with one attached hydrogen (secondary N) is 1. The number of nitrogens with zero attached hydrogens (tertiary/aromatic N) is 1. The Morgan fingerprint density at radius 3 is 2.45 bits per heavy atom. The Hall–Kier alpha value is -0.880. The molecule has 20 heavy (non-hydrogen) atoms. The molecule has 1 aromatic rings. The molecule has 1 aliphatic rings. The van der Waals surface area contributed by atoms with E-state index in [2.05, 4.69) is 37.2 Å². The largest absolute Gasteiger partial charge is 0.342 e. The second kappa shape index (κ2) is 6.26. The minimum Gasteiger partial charge on any atom is -0.342 e. The Bertz CT molecular complexity index is 548. The molecule has 0 spiro atoms. The van der Waals surface area contributed by atoms with Crippen molar-refractivity contribution in [3.8, 4) is 0 Å². The second-order valence-corrected chi connectivity index (χ2v) is 6.47. The van der Waals surface area contributed by atoms with Crippen molar-refractivity contribution < 1.29 is 9.59 Å². The summed E-state index contributed by atoms with van der Waals surface area (Å²) in [6.07, 6.45) is 1.17. The lowest BCUT2D eigenvalue weighted by molar-refractivity contribution is -0.134. The van der Waals surface area contributed by atoms with Crippen LogP contribution in [0.2, 0.25) is 0 Å². The van der Waals surface area contributed by atoms with Gasteiger partial charge in [0, 0.05) is 8.95 Å². The lowest BCUT2D eigenvalue weighted by Gasteiger charge is -2.38. The van der Waals surface area contributed by atoms with E-state index in [0.29, 0.717) is 12.8 Å². The summed E-state index contributed by atoms with van der Waals surface area (Å²) in [5.41, 5.74) is 0.735. The molecule has 1 aromatic carbocycles. The van der Waals surface area contributed by atoms with E-state index in [1.54, 1.807) is 4.90 Å². The molecule has 1 fully saturated rings. The van der Waals surface area contributed by atoms with Crippen LogP contribution in [0.5, 0.6) is 0 Å². The summed E-state index contributed by atoms with van der Waals surface area (Å²) in [6.45, 7) is 3.80. The number of piperazine rings is 1. The van der Waals surface area contributed by atoms with Gasteiger partial charge in [0.25, 0.3) is 0 Å². The summed E-state index contributed by atoms with van der Waals surface area (Å²) in [4.78, 5) is 26.4. The average Bonchev–Trinajstić information content (AvgIpc) is 2.41. The third kappa shape index (κ3) is 2.76.